The van der Waals surface area contributed by atoms with E-state index in [-0.39, 0.29) is 17.1 Å². The second-order valence-electron chi connectivity index (χ2n) is 5.33. The molecule has 1 fully saturated rings. The van der Waals surface area contributed by atoms with Gasteiger partial charge in [-0.15, -0.1) is 0 Å². The molecule has 1 aromatic rings. The SMILES string of the molecule is CC1(C)CSCC(Nc2cccc(F)c2F)C1. The Kier molecular flexibility index (Phi) is 3.61. The van der Waals surface area contributed by atoms with E-state index in [1.165, 1.54) is 6.07 Å². The molecule has 0 aliphatic carbocycles. The minimum atomic E-state index is -0.794. The van der Waals surface area contributed by atoms with Gasteiger partial charge in [-0.25, -0.2) is 8.78 Å². The van der Waals surface area contributed by atoms with Crippen molar-refractivity contribution < 1.29 is 8.78 Å². The molecule has 0 aromatic heterocycles. The van der Waals surface area contributed by atoms with Crippen molar-refractivity contribution in [2.24, 2.45) is 5.41 Å². The van der Waals surface area contributed by atoms with Crippen LogP contribution < -0.4 is 5.32 Å². The van der Waals surface area contributed by atoms with Crippen molar-refractivity contribution >= 4 is 17.4 Å². The Morgan fingerprint density at radius 3 is 2.82 bits per heavy atom. The fourth-order valence-corrected chi connectivity index (χ4v) is 3.46. The molecule has 0 amide bonds. The van der Waals surface area contributed by atoms with Crippen molar-refractivity contribution in [3.8, 4) is 0 Å². The molecule has 94 valence electrons. The maximum Gasteiger partial charge on any atom is 0.181 e. The summed E-state index contributed by atoms with van der Waals surface area (Å²) < 4.78 is 26.6. The number of hydrogen-bond acceptors (Lipinski definition) is 2. The molecule has 1 heterocycles. The molecule has 1 aromatic carbocycles. The van der Waals surface area contributed by atoms with Crippen molar-refractivity contribution in [1.29, 1.82) is 0 Å². The first-order valence-corrected chi connectivity index (χ1v) is 6.92. The van der Waals surface area contributed by atoms with Crippen molar-refractivity contribution in [1.82, 2.24) is 0 Å². The standard InChI is InChI=1S/C13H17F2NS/c1-13(2)6-9(7-17-8-13)16-11-5-3-4-10(14)12(11)15/h3-5,9,16H,6-8H2,1-2H3. The maximum absolute atomic E-state index is 13.5. The summed E-state index contributed by atoms with van der Waals surface area (Å²) in [6.07, 6.45) is 0.982. The van der Waals surface area contributed by atoms with E-state index in [4.69, 9.17) is 0 Å². The van der Waals surface area contributed by atoms with Crippen molar-refractivity contribution in [2.75, 3.05) is 16.8 Å². The van der Waals surface area contributed by atoms with Crippen LogP contribution in [0.5, 0.6) is 0 Å². The number of halogens is 2. The largest absolute Gasteiger partial charge is 0.379 e. The van der Waals surface area contributed by atoms with Crippen LogP contribution in [0.2, 0.25) is 0 Å². The van der Waals surface area contributed by atoms with Gasteiger partial charge in [0.1, 0.15) is 0 Å². The minimum Gasteiger partial charge on any atom is -0.379 e. The first kappa shape index (κ1) is 12.7. The number of nitrogens with one attached hydrogen (secondary N) is 1. The summed E-state index contributed by atoms with van der Waals surface area (Å²) in [6.45, 7) is 4.41. The van der Waals surface area contributed by atoms with Gasteiger partial charge >= 0.3 is 0 Å². The zero-order valence-corrected chi connectivity index (χ0v) is 10.9. The van der Waals surface area contributed by atoms with Crippen LogP contribution in [0.15, 0.2) is 18.2 Å². The lowest BCUT2D eigenvalue weighted by Gasteiger charge is -2.35. The van der Waals surface area contributed by atoms with Crippen LogP contribution in [0.3, 0.4) is 0 Å². The molecule has 0 saturated carbocycles. The second kappa shape index (κ2) is 4.84. The molecular weight excluding hydrogens is 240 g/mol. The third kappa shape index (κ3) is 3.12. The van der Waals surface area contributed by atoms with E-state index in [9.17, 15) is 8.78 Å². The lowest BCUT2D eigenvalue weighted by molar-refractivity contribution is 0.357. The van der Waals surface area contributed by atoms with E-state index in [1.807, 2.05) is 11.8 Å². The predicted octanol–water partition coefficient (Wildman–Crippen LogP) is 3.91. The van der Waals surface area contributed by atoms with Crippen LogP contribution in [0, 0.1) is 17.0 Å². The molecule has 1 aliphatic rings. The van der Waals surface area contributed by atoms with E-state index in [0.29, 0.717) is 0 Å². The predicted molar refractivity (Wildman–Crippen MR) is 69.5 cm³/mol. The first-order valence-electron chi connectivity index (χ1n) is 5.76. The summed E-state index contributed by atoms with van der Waals surface area (Å²) in [4.78, 5) is 0. The van der Waals surface area contributed by atoms with Gasteiger partial charge in [-0.1, -0.05) is 19.9 Å². The Bertz CT molecular complexity index is 406. The highest BCUT2D eigenvalue weighted by atomic mass is 32.2. The summed E-state index contributed by atoms with van der Waals surface area (Å²) >= 11 is 1.86. The van der Waals surface area contributed by atoms with Crippen LogP contribution in [-0.2, 0) is 0 Å². The lowest BCUT2D eigenvalue weighted by Crippen LogP contribution is -2.35. The normalized spacial score (nSPS) is 23.4. The molecular formula is C13H17F2NS. The zero-order chi connectivity index (χ0) is 12.5. The summed E-state index contributed by atoms with van der Waals surface area (Å²) in [5, 5.41) is 3.11. The van der Waals surface area contributed by atoms with Gasteiger partial charge in [0, 0.05) is 11.8 Å². The third-order valence-electron chi connectivity index (χ3n) is 2.92. The van der Waals surface area contributed by atoms with Gasteiger partial charge in [-0.2, -0.15) is 11.8 Å². The monoisotopic (exact) mass is 257 g/mol. The van der Waals surface area contributed by atoms with Crippen LogP contribution in [-0.4, -0.2) is 17.5 Å². The van der Waals surface area contributed by atoms with Crippen molar-refractivity contribution in [3.63, 3.8) is 0 Å². The lowest BCUT2D eigenvalue weighted by atomic mass is 9.88. The number of anilines is 1. The quantitative estimate of drug-likeness (QED) is 0.862. The number of thioether (sulfide) groups is 1. The molecule has 1 nitrogen and oxygen atoms in total. The van der Waals surface area contributed by atoms with E-state index >= 15 is 0 Å². The molecule has 1 atom stereocenters. The maximum atomic E-state index is 13.5. The van der Waals surface area contributed by atoms with E-state index in [1.54, 1.807) is 6.07 Å². The Hall–Kier alpha value is -0.770. The summed E-state index contributed by atoms with van der Waals surface area (Å²) in [7, 11) is 0. The van der Waals surface area contributed by atoms with Gasteiger partial charge in [0.15, 0.2) is 11.6 Å². The van der Waals surface area contributed by atoms with Gasteiger partial charge in [0.05, 0.1) is 5.69 Å². The highest BCUT2D eigenvalue weighted by molar-refractivity contribution is 7.99. The van der Waals surface area contributed by atoms with Gasteiger partial charge < -0.3 is 5.32 Å². The smallest absolute Gasteiger partial charge is 0.181 e. The molecule has 4 heteroatoms. The fraction of sp³-hybridized carbons (Fsp3) is 0.538. The second-order valence-corrected chi connectivity index (χ2v) is 6.36. The zero-order valence-electron chi connectivity index (χ0n) is 10.1. The molecule has 17 heavy (non-hydrogen) atoms. The fourth-order valence-electron chi connectivity index (χ4n) is 2.19. The molecule has 1 N–H and O–H groups in total. The molecule has 0 bridgehead atoms. The Morgan fingerprint density at radius 2 is 2.12 bits per heavy atom. The highest BCUT2D eigenvalue weighted by Crippen LogP contribution is 2.35. The highest BCUT2D eigenvalue weighted by Gasteiger charge is 2.28. The minimum absolute atomic E-state index is 0.208. The van der Waals surface area contributed by atoms with Crippen LogP contribution in [0.4, 0.5) is 14.5 Å². The van der Waals surface area contributed by atoms with Crippen LogP contribution >= 0.6 is 11.8 Å². The first-order chi connectivity index (χ1) is 7.98. The molecule has 1 saturated heterocycles. The Labute approximate surface area is 105 Å². The van der Waals surface area contributed by atoms with E-state index in [0.717, 1.165) is 24.0 Å². The van der Waals surface area contributed by atoms with Gasteiger partial charge in [0.25, 0.3) is 0 Å². The number of hydrogen-bond donors (Lipinski definition) is 1. The van der Waals surface area contributed by atoms with E-state index < -0.39 is 11.6 Å². The molecule has 0 spiro atoms. The average molecular weight is 257 g/mol. The topological polar surface area (TPSA) is 12.0 Å². The Balaban J connectivity index is 2.08. The van der Waals surface area contributed by atoms with Crippen molar-refractivity contribution in [2.45, 2.75) is 26.3 Å². The van der Waals surface area contributed by atoms with Crippen LogP contribution in [0.25, 0.3) is 0 Å². The molecule has 1 aliphatic heterocycles. The van der Waals surface area contributed by atoms with Gasteiger partial charge in [0.2, 0.25) is 0 Å². The van der Waals surface area contributed by atoms with E-state index in [2.05, 4.69) is 19.2 Å². The van der Waals surface area contributed by atoms with Crippen molar-refractivity contribution in [3.05, 3.63) is 29.8 Å². The van der Waals surface area contributed by atoms with Gasteiger partial charge in [-0.05, 0) is 29.7 Å². The summed E-state index contributed by atoms with van der Waals surface area (Å²) in [5.41, 5.74) is 0.526. The molecule has 1 unspecified atom stereocenters. The van der Waals surface area contributed by atoms with Crippen LogP contribution in [0.1, 0.15) is 20.3 Å². The number of benzene rings is 1. The molecule has 2 rings (SSSR count). The summed E-state index contributed by atoms with van der Waals surface area (Å²) in [5.74, 6) is 0.495. The average Bonchev–Trinajstić information content (AvgIpc) is 2.23. The number of rotatable bonds is 2. The van der Waals surface area contributed by atoms with Gasteiger partial charge in [-0.3, -0.25) is 0 Å². The summed E-state index contributed by atoms with van der Waals surface area (Å²) in [6, 6.07) is 4.46. The molecule has 0 radical (unpaired) electrons. The Morgan fingerprint density at radius 1 is 1.35 bits per heavy atom. The third-order valence-corrected chi connectivity index (χ3v) is 4.55.